The van der Waals surface area contributed by atoms with Gasteiger partial charge in [-0.1, -0.05) is 54.9 Å². The Hall–Kier alpha value is -2.55. The molecule has 0 fully saturated rings. The first-order chi connectivity index (χ1) is 16.0. The second kappa shape index (κ2) is 11.3. The normalized spacial score (nSPS) is 12.0. The Labute approximate surface area is 213 Å². The van der Waals surface area contributed by atoms with E-state index in [0.717, 1.165) is 16.8 Å². The Bertz CT molecular complexity index is 1190. The summed E-state index contributed by atoms with van der Waals surface area (Å²) < 4.78 is 1.80. The molecule has 7 nitrogen and oxygen atoms in total. The van der Waals surface area contributed by atoms with Crippen LogP contribution in [0, 0.1) is 19.8 Å². The zero-order valence-corrected chi connectivity index (χ0v) is 22.0. The van der Waals surface area contributed by atoms with E-state index < -0.39 is 6.04 Å². The van der Waals surface area contributed by atoms with Crippen molar-refractivity contribution in [2.24, 2.45) is 13.0 Å². The number of carbonyl (C=O) groups is 2. The van der Waals surface area contributed by atoms with E-state index in [1.807, 2.05) is 46.9 Å². The number of hydrogen-bond acceptors (Lipinski definition) is 5. The summed E-state index contributed by atoms with van der Waals surface area (Å²) in [5.74, 6) is 0.400. The Morgan fingerprint density at radius 1 is 1.03 bits per heavy atom. The molecule has 2 N–H and O–H groups in total. The van der Waals surface area contributed by atoms with Crippen LogP contribution in [0.3, 0.4) is 0 Å². The van der Waals surface area contributed by atoms with Crippen LogP contribution in [0.15, 0.2) is 41.6 Å². The minimum atomic E-state index is -0.391. The van der Waals surface area contributed by atoms with Gasteiger partial charge in [0.25, 0.3) is 5.91 Å². The summed E-state index contributed by atoms with van der Waals surface area (Å²) >= 11 is 13.3. The van der Waals surface area contributed by atoms with E-state index in [1.165, 1.54) is 17.8 Å². The number of rotatable bonds is 8. The first-order valence-electron chi connectivity index (χ1n) is 10.7. The molecule has 0 radical (unpaired) electrons. The van der Waals surface area contributed by atoms with Gasteiger partial charge in [-0.2, -0.15) is 0 Å². The molecule has 34 heavy (non-hydrogen) atoms. The van der Waals surface area contributed by atoms with E-state index in [4.69, 9.17) is 23.2 Å². The standard InChI is InChI=1S/C24H27Cl2N5O2S/c1-13(2)21(28-23(33)16-6-7-18(25)19(26)11-16)22-29-30-24(31(22)5)34-12-20(32)27-17-9-14(3)8-15(4)10-17/h6-11,13,21H,12H2,1-5H3,(H,27,32)(H,28,33)/t21-/m0/s1. The van der Waals surface area contributed by atoms with Gasteiger partial charge >= 0.3 is 0 Å². The van der Waals surface area contributed by atoms with Crippen LogP contribution in [-0.4, -0.2) is 32.3 Å². The molecule has 10 heteroatoms. The van der Waals surface area contributed by atoms with Crippen molar-refractivity contribution in [3.05, 3.63) is 69.0 Å². The molecule has 1 aromatic heterocycles. The summed E-state index contributed by atoms with van der Waals surface area (Å²) in [4.78, 5) is 25.3. The van der Waals surface area contributed by atoms with E-state index in [1.54, 1.807) is 16.7 Å². The van der Waals surface area contributed by atoms with Crippen molar-refractivity contribution >= 4 is 52.5 Å². The van der Waals surface area contributed by atoms with Gasteiger partial charge in [0.1, 0.15) is 0 Å². The highest BCUT2D eigenvalue weighted by atomic mass is 35.5. The van der Waals surface area contributed by atoms with Crippen molar-refractivity contribution < 1.29 is 9.59 Å². The number of nitrogens with one attached hydrogen (secondary N) is 2. The molecule has 1 heterocycles. The van der Waals surface area contributed by atoms with Crippen molar-refractivity contribution in [3.8, 4) is 0 Å². The lowest BCUT2D eigenvalue weighted by atomic mass is 10.0. The van der Waals surface area contributed by atoms with Gasteiger partial charge in [0, 0.05) is 18.3 Å². The van der Waals surface area contributed by atoms with Gasteiger partial charge in [-0.3, -0.25) is 9.59 Å². The minimum Gasteiger partial charge on any atom is -0.342 e. The van der Waals surface area contributed by atoms with E-state index in [2.05, 4.69) is 26.9 Å². The predicted octanol–water partition coefficient (Wildman–Crippen LogP) is 5.60. The van der Waals surface area contributed by atoms with Crippen molar-refractivity contribution in [2.75, 3.05) is 11.1 Å². The average molecular weight is 520 g/mol. The lowest BCUT2D eigenvalue weighted by Gasteiger charge is -2.22. The Morgan fingerprint density at radius 3 is 2.32 bits per heavy atom. The first-order valence-corrected chi connectivity index (χ1v) is 12.5. The van der Waals surface area contributed by atoms with Crippen molar-refractivity contribution in [1.29, 1.82) is 0 Å². The van der Waals surface area contributed by atoms with E-state index in [-0.39, 0.29) is 23.5 Å². The summed E-state index contributed by atoms with van der Waals surface area (Å²) in [6.07, 6.45) is 0. The topological polar surface area (TPSA) is 88.9 Å². The maximum Gasteiger partial charge on any atom is 0.251 e. The molecule has 180 valence electrons. The molecule has 0 spiro atoms. The Balaban J connectivity index is 1.68. The molecule has 1 atom stereocenters. The van der Waals surface area contributed by atoms with Gasteiger partial charge in [0.2, 0.25) is 5.91 Å². The zero-order chi connectivity index (χ0) is 25.0. The van der Waals surface area contributed by atoms with E-state index in [9.17, 15) is 9.59 Å². The number of halogens is 2. The highest BCUT2D eigenvalue weighted by Gasteiger charge is 2.25. The van der Waals surface area contributed by atoms with Crippen LogP contribution in [0.4, 0.5) is 5.69 Å². The zero-order valence-electron chi connectivity index (χ0n) is 19.6. The largest absolute Gasteiger partial charge is 0.342 e. The molecular formula is C24H27Cl2N5O2S. The molecule has 0 aliphatic rings. The SMILES string of the molecule is Cc1cc(C)cc(NC(=O)CSc2nnc([C@@H](NC(=O)c3ccc(Cl)c(Cl)c3)C(C)C)n2C)c1. The van der Waals surface area contributed by atoms with Crippen molar-refractivity contribution in [1.82, 2.24) is 20.1 Å². The molecule has 0 saturated carbocycles. The molecule has 0 unspecified atom stereocenters. The molecule has 0 aliphatic heterocycles. The van der Waals surface area contributed by atoms with Crippen LogP contribution in [0.1, 0.15) is 47.2 Å². The Kier molecular flexibility index (Phi) is 8.62. The number of aromatic nitrogens is 3. The van der Waals surface area contributed by atoms with Gasteiger partial charge in [-0.05, 0) is 61.2 Å². The number of nitrogens with zero attached hydrogens (tertiary/aromatic N) is 3. The number of hydrogen-bond donors (Lipinski definition) is 2. The molecule has 0 saturated heterocycles. The smallest absolute Gasteiger partial charge is 0.251 e. The molecular weight excluding hydrogens is 493 g/mol. The fourth-order valence-corrected chi connectivity index (χ4v) is 4.50. The Morgan fingerprint density at radius 2 is 1.71 bits per heavy atom. The second-order valence-corrected chi connectivity index (χ2v) is 10.2. The molecule has 2 amide bonds. The number of aryl methyl sites for hydroxylation is 2. The maximum atomic E-state index is 12.8. The summed E-state index contributed by atoms with van der Waals surface area (Å²) in [6, 6.07) is 10.3. The third-order valence-electron chi connectivity index (χ3n) is 5.12. The van der Waals surface area contributed by atoms with Crippen LogP contribution in [-0.2, 0) is 11.8 Å². The lowest BCUT2D eigenvalue weighted by molar-refractivity contribution is -0.113. The fourth-order valence-electron chi connectivity index (χ4n) is 3.49. The summed E-state index contributed by atoms with van der Waals surface area (Å²) in [5.41, 5.74) is 3.35. The van der Waals surface area contributed by atoms with Crippen LogP contribution >= 0.6 is 35.0 Å². The summed E-state index contributed by atoms with van der Waals surface area (Å²) in [5, 5.41) is 15.7. The van der Waals surface area contributed by atoms with Crippen molar-refractivity contribution in [2.45, 2.75) is 38.9 Å². The monoisotopic (exact) mass is 519 g/mol. The minimum absolute atomic E-state index is 0.0420. The summed E-state index contributed by atoms with van der Waals surface area (Å²) in [6.45, 7) is 7.95. The van der Waals surface area contributed by atoms with Crippen LogP contribution in [0.5, 0.6) is 0 Å². The third kappa shape index (κ3) is 6.52. The van der Waals surface area contributed by atoms with Gasteiger partial charge in [0.05, 0.1) is 21.8 Å². The maximum absolute atomic E-state index is 12.8. The number of thioether (sulfide) groups is 1. The van der Waals surface area contributed by atoms with Crippen LogP contribution < -0.4 is 10.6 Å². The van der Waals surface area contributed by atoms with Crippen LogP contribution in [0.25, 0.3) is 0 Å². The molecule has 3 rings (SSSR count). The predicted molar refractivity (Wildman–Crippen MR) is 138 cm³/mol. The molecule has 0 aliphatic carbocycles. The number of carbonyl (C=O) groups excluding carboxylic acids is 2. The lowest BCUT2D eigenvalue weighted by Crippen LogP contribution is -2.33. The van der Waals surface area contributed by atoms with Gasteiger partial charge < -0.3 is 15.2 Å². The van der Waals surface area contributed by atoms with E-state index in [0.29, 0.717) is 26.6 Å². The fraction of sp³-hybridized carbons (Fsp3) is 0.333. The second-order valence-electron chi connectivity index (χ2n) is 8.44. The van der Waals surface area contributed by atoms with Gasteiger partial charge in [-0.15, -0.1) is 10.2 Å². The van der Waals surface area contributed by atoms with Crippen molar-refractivity contribution in [3.63, 3.8) is 0 Å². The highest BCUT2D eigenvalue weighted by molar-refractivity contribution is 7.99. The molecule has 2 aromatic carbocycles. The van der Waals surface area contributed by atoms with E-state index >= 15 is 0 Å². The summed E-state index contributed by atoms with van der Waals surface area (Å²) in [7, 11) is 1.82. The third-order valence-corrected chi connectivity index (χ3v) is 6.88. The number of anilines is 1. The quantitative estimate of drug-likeness (QED) is 0.378. The molecule has 0 bridgehead atoms. The number of amides is 2. The average Bonchev–Trinajstić information content (AvgIpc) is 3.11. The number of benzene rings is 2. The highest BCUT2D eigenvalue weighted by Crippen LogP contribution is 2.26. The first kappa shape index (κ1) is 26.1. The van der Waals surface area contributed by atoms with Gasteiger partial charge in [-0.25, -0.2) is 0 Å². The molecule has 3 aromatic rings. The van der Waals surface area contributed by atoms with Gasteiger partial charge in [0.15, 0.2) is 11.0 Å². The van der Waals surface area contributed by atoms with Crippen LogP contribution in [0.2, 0.25) is 10.0 Å².